The van der Waals surface area contributed by atoms with Gasteiger partial charge in [0.2, 0.25) is 0 Å². The van der Waals surface area contributed by atoms with Crippen LogP contribution in [0.3, 0.4) is 0 Å². The summed E-state index contributed by atoms with van der Waals surface area (Å²) in [7, 11) is 0. The summed E-state index contributed by atoms with van der Waals surface area (Å²) in [6, 6.07) is 14.9. The zero-order valence-electron chi connectivity index (χ0n) is 22.3. The number of carboxylic acid groups (broad SMARTS) is 1. The Morgan fingerprint density at radius 1 is 1.03 bits per heavy atom. The topological polar surface area (TPSA) is 95.2 Å². The van der Waals surface area contributed by atoms with Crippen molar-refractivity contribution in [3.8, 4) is 17.5 Å². The predicted octanol–water partition coefficient (Wildman–Crippen LogP) is 7.05. The molecule has 9 heteroatoms. The second-order valence-electron chi connectivity index (χ2n) is 10.5. The third kappa shape index (κ3) is 7.41. The van der Waals surface area contributed by atoms with Crippen LogP contribution in [-0.4, -0.2) is 43.9 Å². The highest BCUT2D eigenvalue weighted by molar-refractivity contribution is 6.42. The molecule has 0 bridgehead atoms. The molecule has 0 spiro atoms. The normalized spacial score (nSPS) is 18.3. The van der Waals surface area contributed by atoms with Gasteiger partial charge in [-0.1, -0.05) is 41.4 Å². The summed E-state index contributed by atoms with van der Waals surface area (Å²) >= 11 is 12.5. The van der Waals surface area contributed by atoms with Gasteiger partial charge in [-0.05, 0) is 80.3 Å². The van der Waals surface area contributed by atoms with Gasteiger partial charge >= 0.3 is 5.97 Å². The summed E-state index contributed by atoms with van der Waals surface area (Å²) in [6.45, 7) is 6.37. The van der Waals surface area contributed by atoms with Gasteiger partial charge in [0, 0.05) is 31.3 Å². The van der Waals surface area contributed by atoms with E-state index in [0.29, 0.717) is 35.7 Å². The fraction of sp³-hybridized carbons (Fsp3) is 0.433. The van der Waals surface area contributed by atoms with Gasteiger partial charge in [0.25, 0.3) is 0 Å². The first-order chi connectivity index (χ1) is 18.6. The van der Waals surface area contributed by atoms with Crippen molar-refractivity contribution in [1.82, 2.24) is 9.47 Å². The molecule has 1 fully saturated rings. The van der Waals surface area contributed by atoms with E-state index < -0.39 is 5.97 Å². The van der Waals surface area contributed by atoms with Crippen LogP contribution < -0.4 is 4.74 Å². The third-order valence-electron chi connectivity index (χ3n) is 7.79. The highest BCUT2D eigenvalue weighted by Crippen LogP contribution is 2.34. The number of aromatic nitrogens is 1. The van der Waals surface area contributed by atoms with Gasteiger partial charge in [0.15, 0.2) is 11.8 Å². The van der Waals surface area contributed by atoms with E-state index >= 15 is 0 Å². The molecular weight excluding hydrogens is 539 g/mol. The van der Waals surface area contributed by atoms with Gasteiger partial charge in [0.05, 0.1) is 22.5 Å². The minimum Gasteiger partial charge on any atom is -0.494 e. The van der Waals surface area contributed by atoms with Crippen molar-refractivity contribution >= 4 is 29.2 Å². The molecule has 1 aliphatic carbocycles. The fourth-order valence-electron chi connectivity index (χ4n) is 5.39. The molecule has 1 saturated carbocycles. The summed E-state index contributed by atoms with van der Waals surface area (Å²) in [5.74, 6) is 0.251. The van der Waals surface area contributed by atoms with Crippen LogP contribution in [0, 0.1) is 18.8 Å². The molecule has 3 aromatic rings. The predicted molar refractivity (Wildman–Crippen MR) is 153 cm³/mol. The quantitative estimate of drug-likeness (QED) is 0.227. The summed E-state index contributed by atoms with van der Waals surface area (Å²) in [4.78, 5) is 13.9. The largest absolute Gasteiger partial charge is 0.494 e. The van der Waals surface area contributed by atoms with E-state index in [1.807, 2.05) is 31.2 Å². The lowest BCUT2D eigenvalue weighted by Gasteiger charge is -2.35. The number of hydrogen-bond acceptors (Lipinski definition) is 5. The van der Waals surface area contributed by atoms with E-state index in [2.05, 4.69) is 24.0 Å². The molecule has 1 atom stereocenters. The van der Waals surface area contributed by atoms with E-state index in [9.17, 15) is 20.1 Å². The van der Waals surface area contributed by atoms with Gasteiger partial charge in [-0.2, -0.15) is 0 Å². The summed E-state index contributed by atoms with van der Waals surface area (Å²) in [5.41, 5.74) is 3.22. The van der Waals surface area contributed by atoms with Crippen LogP contribution in [0.4, 0.5) is 0 Å². The monoisotopic (exact) mass is 574 g/mol. The zero-order valence-corrected chi connectivity index (χ0v) is 23.8. The number of nitrogens with zero attached hydrogens (tertiary/aromatic N) is 2. The number of carboxylic acids is 1. The Morgan fingerprint density at radius 2 is 1.72 bits per heavy atom. The summed E-state index contributed by atoms with van der Waals surface area (Å²) < 4.78 is 7.33. The number of benzene rings is 2. The maximum atomic E-state index is 11.4. The van der Waals surface area contributed by atoms with Crippen LogP contribution in [-0.2, 0) is 17.9 Å². The van der Waals surface area contributed by atoms with Crippen molar-refractivity contribution in [3.05, 3.63) is 75.3 Å². The number of aliphatic carboxylic acids is 1. The minimum atomic E-state index is -0.686. The van der Waals surface area contributed by atoms with E-state index in [-0.39, 0.29) is 23.7 Å². The van der Waals surface area contributed by atoms with Gasteiger partial charge in [0.1, 0.15) is 12.4 Å². The van der Waals surface area contributed by atoms with E-state index in [0.717, 1.165) is 54.7 Å². The number of carbonyl (C=O) groups is 1. The highest BCUT2D eigenvalue weighted by atomic mass is 35.5. The van der Waals surface area contributed by atoms with Crippen molar-refractivity contribution in [1.29, 1.82) is 0 Å². The Morgan fingerprint density at radius 3 is 2.33 bits per heavy atom. The molecule has 0 amide bonds. The first kappa shape index (κ1) is 29.1. The average Bonchev–Trinajstić information content (AvgIpc) is 3.23. The van der Waals surface area contributed by atoms with Gasteiger partial charge in [-0.3, -0.25) is 14.3 Å². The number of aryl methyl sites for hydroxylation is 1. The van der Waals surface area contributed by atoms with Crippen LogP contribution in [0.2, 0.25) is 10.0 Å². The summed E-state index contributed by atoms with van der Waals surface area (Å²) in [6.07, 6.45) is 3.25. The Kier molecular flexibility index (Phi) is 9.70. The molecule has 210 valence electrons. The minimum absolute atomic E-state index is 0.00389. The summed E-state index contributed by atoms with van der Waals surface area (Å²) in [5, 5.41) is 30.1. The van der Waals surface area contributed by atoms with Gasteiger partial charge in [-0.15, -0.1) is 0 Å². The molecule has 1 aromatic heterocycles. The van der Waals surface area contributed by atoms with E-state index in [1.54, 1.807) is 0 Å². The van der Waals surface area contributed by atoms with E-state index in [1.165, 1.54) is 16.7 Å². The second kappa shape index (κ2) is 13.0. The molecular formula is C30H36Cl2N2O5. The Hall–Kier alpha value is -2.87. The molecule has 39 heavy (non-hydrogen) atoms. The molecule has 1 unspecified atom stereocenters. The van der Waals surface area contributed by atoms with Crippen molar-refractivity contribution < 1.29 is 24.9 Å². The molecule has 0 radical (unpaired) electrons. The molecule has 3 N–H and O–H groups in total. The van der Waals surface area contributed by atoms with Gasteiger partial charge in [-0.25, -0.2) is 0 Å². The number of hydrogen-bond donors (Lipinski definition) is 3. The smallest absolute Gasteiger partial charge is 0.306 e. The van der Waals surface area contributed by atoms with Crippen molar-refractivity contribution in [2.24, 2.45) is 11.8 Å². The molecule has 4 rings (SSSR count). The number of rotatable bonds is 11. The first-order valence-corrected chi connectivity index (χ1v) is 14.1. The Bertz CT molecular complexity index is 1270. The highest BCUT2D eigenvalue weighted by Gasteiger charge is 2.28. The lowest BCUT2D eigenvalue weighted by molar-refractivity contribution is -0.143. The van der Waals surface area contributed by atoms with Gasteiger partial charge < -0.3 is 20.1 Å². The van der Waals surface area contributed by atoms with Crippen LogP contribution in [0.1, 0.15) is 55.3 Å². The molecule has 7 nitrogen and oxygen atoms in total. The lowest BCUT2D eigenvalue weighted by atomic mass is 9.81. The van der Waals surface area contributed by atoms with Crippen LogP contribution >= 0.6 is 23.2 Å². The zero-order chi connectivity index (χ0) is 28.1. The Balaban J connectivity index is 1.45. The fourth-order valence-corrected chi connectivity index (χ4v) is 5.70. The van der Waals surface area contributed by atoms with Crippen LogP contribution in [0.5, 0.6) is 17.5 Å². The number of aromatic hydroxyl groups is 2. The molecule has 1 heterocycles. The van der Waals surface area contributed by atoms with Crippen molar-refractivity contribution in [2.45, 2.75) is 58.7 Å². The second-order valence-corrected chi connectivity index (χ2v) is 11.3. The lowest BCUT2D eigenvalue weighted by Crippen LogP contribution is -2.34. The number of halogens is 2. The maximum Gasteiger partial charge on any atom is 0.306 e. The van der Waals surface area contributed by atoms with E-state index in [4.69, 9.17) is 27.9 Å². The first-order valence-electron chi connectivity index (χ1n) is 13.3. The third-order valence-corrected chi connectivity index (χ3v) is 8.53. The maximum absolute atomic E-state index is 11.4. The van der Waals surface area contributed by atoms with Crippen molar-refractivity contribution in [2.75, 3.05) is 13.2 Å². The molecule has 1 aliphatic rings. The molecule has 2 aromatic carbocycles. The van der Waals surface area contributed by atoms with Crippen molar-refractivity contribution in [3.63, 3.8) is 0 Å². The SMILES string of the molecule is Cc1cc(CN(CC2CCC(C(=O)O)CC2)C(C)c2ccc(Cl)c(Cl)c2)ccc1OCCn1c(O)ccc1O. The van der Waals surface area contributed by atoms with Crippen LogP contribution in [0.25, 0.3) is 0 Å². The Labute approximate surface area is 239 Å². The average molecular weight is 576 g/mol. The number of ether oxygens (including phenoxy) is 1. The molecule has 0 saturated heterocycles. The van der Waals surface area contributed by atoms with Crippen LogP contribution in [0.15, 0.2) is 48.5 Å². The molecule has 0 aliphatic heterocycles. The standard InChI is InChI=1S/C30H36Cl2N2O5/c1-19-15-22(5-10-27(19)39-14-13-34-28(35)11-12-29(34)36)18-33(17-21-3-6-23(7-4-21)30(37)38)20(2)24-8-9-25(31)26(32)16-24/h5,8-12,15-16,20-21,23,35-36H,3-4,6-7,13-14,17-18H2,1-2H3,(H,37,38).